The molecule has 0 amide bonds. The van der Waals surface area contributed by atoms with E-state index in [0.717, 1.165) is 41.5 Å². The Morgan fingerprint density at radius 1 is 0.909 bits per heavy atom. The van der Waals surface area contributed by atoms with Crippen LogP contribution in [0.5, 0.6) is 5.75 Å². The van der Waals surface area contributed by atoms with Crippen molar-refractivity contribution in [2.24, 2.45) is 10.9 Å². The van der Waals surface area contributed by atoms with Crippen LogP contribution in [0.1, 0.15) is 72.4 Å². The summed E-state index contributed by atoms with van der Waals surface area (Å²) in [5.41, 5.74) is -0.276. The van der Waals surface area contributed by atoms with Gasteiger partial charge in [0.1, 0.15) is 17.9 Å². The minimum atomic E-state index is -3.94. The van der Waals surface area contributed by atoms with E-state index in [2.05, 4.69) is 36.4 Å². The molecule has 0 radical (unpaired) electrons. The molecule has 0 aromatic heterocycles. The molecular formula is C35H46NO7P. The summed E-state index contributed by atoms with van der Waals surface area (Å²) in [4.78, 5) is 4.82. The summed E-state index contributed by atoms with van der Waals surface area (Å²) in [6.45, 7) is 14.3. The van der Waals surface area contributed by atoms with Crippen molar-refractivity contribution < 1.29 is 32.3 Å². The average molecular weight is 624 g/mol. The van der Waals surface area contributed by atoms with Crippen molar-refractivity contribution >= 4 is 24.5 Å². The van der Waals surface area contributed by atoms with Crippen molar-refractivity contribution in [3.8, 4) is 5.75 Å². The lowest BCUT2D eigenvalue weighted by molar-refractivity contribution is -0.00446. The van der Waals surface area contributed by atoms with Crippen LogP contribution in [-0.2, 0) is 39.8 Å². The fourth-order valence-electron chi connectivity index (χ4n) is 5.43. The molecule has 1 heterocycles. The zero-order valence-corrected chi connectivity index (χ0v) is 27.9. The van der Waals surface area contributed by atoms with Gasteiger partial charge in [-0.3, -0.25) is 13.6 Å². The first-order valence-electron chi connectivity index (χ1n) is 15.4. The Labute approximate surface area is 261 Å². The fraction of sp³-hybridized carbons (Fsp3) is 0.514. The van der Waals surface area contributed by atoms with Gasteiger partial charge in [-0.2, -0.15) is 0 Å². The number of benzene rings is 3. The molecule has 3 aromatic rings. The maximum absolute atomic E-state index is 13.8. The number of hydrogen-bond donors (Lipinski definition) is 0. The third-order valence-corrected chi connectivity index (χ3v) is 9.42. The number of nitrogens with zero attached hydrogens (tertiary/aromatic N) is 1. The van der Waals surface area contributed by atoms with E-state index in [4.69, 9.17) is 32.8 Å². The van der Waals surface area contributed by atoms with Gasteiger partial charge in [0.2, 0.25) is 0 Å². The smallest absolute Gasteiger partial charge is 0.475 e. The fourth-order valence-corrected chi connectivity index (χ4v) is 7.28. The van der Waals surface area contributed by atoms with Gasteiger partial charge in [0.25, 0.3) is 0 Å². The second kappa shape index (κ2) is 12.9. The third-order valence-electron chi connectivity index (χ3n) is 7.43. The zero-order valence-electron chi connectivity index (χ0n) is 27.0. The van der Waals surface area contributed by atoms with E-state index in [0.29, 0.717) is 18.4 Å². The molecule has 1 aliphatic carbocycles. The molecule has 238 valence electrons. The van der Waals surface area contributed by atoms with Crippen LogP contribution in [0, 0.1) is 5.92 Å². The highest BCUT2D eigenvalue weighted by Crippen LogP contribution is 2.56. The number of aliphatic imine (C=N–C) groups is 1. The second-order valence-corrected chi connectivity index (χ2v) is 15.4. The quantitative estimate of drug-likeness (QED) is 0.187. The summed E-state index contributed by atoms with van der Waals surface area (Å²) >= 11 is 0. The van der Waals surface area contributed by atoms with Crippen LogP contribution in [0.25, 0.3) is 10.8 Å². The van der Waals surface area contributed by atoms with Gasteiger partial charge >= 0.3 is 7.82 Å². The molecule has 8 nitrogen and oxygen atoms in total. The Hall–Kier alpha value is -2.74. The van der Waals surface area contributed by atoms with Crippen molar-refractivity contribution in [1.82, 2.24) is 0 Å². The molecule has 5 rings (SSSR count). The molecule has 3 aromatic carbocycles. The van der Waals surface area contributed by atoms with Crippen LogP contribution in [0.15, 0.2) is 71.7 Å². The molecule has 1 atom stereocenters. The second-order valence-electron chi connectivity index (χ2n) is 13.9. The van der Waals surface area contributed by atoms with Crippen LogP contribution in [0.2, 0.25) is 0 Å². The van der Waals surface area contributed by atoms with E-state index in [1.165, 1.54) is 5.56 Å². The van der Waals surface area contributed by atoms with Crippen LogP contribution in [0.4, 0.5) is 0 Å². The molecule has 2 aliphatic rings. The van der Waals surface area contributed by atoms with Crippen molar-refractivity contribution in [2.75, 3.05) is 19.8 Å². The normalized spacial score (nSPS) is 22.4. The van der Waals surface area contributed by atoms with Gasteiger partial charge in [-0.25, -0.2) is 9.56 Å². The SMILES string of the molecule is CC1=NC(COP(=O)(OC(C)(C)C)OC(C)(C)C)(c2ccc3cc(O[C@H]4C[C@@H](COCc5ccccc5)C4)ccc3c2)CO1. The average Bonchev–Trinajstić information content (AvgIpc) is 3.30. The molecule has 0 bridgehead atoms. The predicted octanol–water partition coefficient (Wildman–Crippen LogP) is 8.61. The number of rotatable bonds is 12. The Bertz CT molecular complexity index is 1480. The summed E-state index contributed by atoms with van der Waals surface area (Å²) in [5.74, 6) is 1.93. The minimum absolute atomic E-state index is 0.0294. The summed E-state index contributed by atoms with van der Waals surface area (Å²) < 4.78 is 49.5. The topological polar surface area (TPSA) is 84.8 Å². The van der Waals surface area contributed by atoms with Crippen LogP contribution in [0.3, 0.4) is 0 Å². The molecule has 1 unspecified atom stereocenters. The first kappa shape index (κ1) is 32.6. The Morgan fingerprint density at radius 2 is 1.57 bits per heavy atom. The van der Waals surface area contributed by atoms with Gasteiger partial charge in [-0.05, 0) is 100 Å². The Morgan fingerprint density at radius 3 is 2.20 bits per heavy atom. The van der Waals surface area contributed by atoms with Gasteiger partial charge in [0.05, 0.1) is 37.1 Å². The van der Waals surface area contributed by atoms with Gasteiger partial charge in [0, 0.05) is 6.92 Å². The van der Waals surface area contributed by atoms with E-state index < -0.39 is 24.6 Å². The Kier molecular flexibility index (Phi) is 9.60. The zero-order chi connectivity index (χ0) is 31.6. The Balaban J connectivity index is 1.23. The molecule has 9 heteroatoms. The highest BCUT2D eigenvalue weighted by Gasteiger charge is 2.44. The monoisotopic (exact) mass is 623 g/mol. The summed E-state index contributed by atoms with van der Waals surface area (Å²) in [6.07, 6.45) is 2.19. The lowest BCUT2D eigenvalue weighted by Crippen LogP contribution is -2.36. The van der Waals surface area contributed by atoms with Crippen molar-refractivity contribution in [1.29, 1.82) is 0 Å². The summed E-state index contributed by atoms with van der Waals surface area (Å²) in [6, 6.07) is 22.6. The van der Waals surface area contributed by atoms with Gasteiger partial charge in [-0.1, -0.05) is 48.5 Å². The number of phosphoric acid groups is 1. The van der Waals surface area contributed by atoms with Crippen LogP contribution in [-0.4, -0.2) is 43.0 Å². The molecular weight excluding hydrogens is 577 g/mol. The van der Waals surface area contributed by atoms with E-state index in [9.17, 15) is 4.57 Å². The third kappa shape index (κ3) is 8.70. The summed E-state index contributed by atoms with van der Waals surface area (Å²) in [7, 11) is -3.94. The number of phosphoric ester groups is 1. The van der Waals surface area contributed by atoms with Crippen molar-refractivity contribution in [2.45, 2.75) is 90.8 Å². The molecule has 44 heavy (non-hydrogen) atoms. The predicted molar refractivity (Wildman–Crippen MR) is 173 cm³/mol. The molecule has 0 saturated heterocycles. The van der Waals surface area contributed by atoms with Crippen LogP contribution < -0.4 is 4.74 Å². The van der Waals surface area contributed by atoms with Crippen molar-refractivity contribution in [3.05, 3.63) is 77.9 Å². The highest BCUT2D eigenvalue weighted by atomic mass is 31.2. The van der Waals surface area contributed by atoms with E-state index in [1.54, 1.807) is 0 Å². The molecule has 1 fully saturated rings. The minimum Gasteiger partial charge on any atom is -0.490 e. The lowest BCUT2D eigenvalue weighted by atomic mass is 9.83. The molecule has 0 spiro atoms. The molecule has 1 aliphatic heterocycles. The largest absolute Gasteiger partial charge is 0.490 e. The van der Waals surface area contributed by atoms with E-state index in [-0.39, 0.29) is 19.3 Å². The first-order chi connectivity index (χ1) is 20.7. The van der Waals surface area contributed by atoms with Crippen LogP contribution >= 0.6 is 7.82 Å². The maximum Gasteiger partial charge on any atom is 0.475 e. The lowest BCUT2D eigenvalue weighted by Gasteiger charge is -2.35. The van der Waals surface area contributed by atoms with Crippen molar-refractivity contribution in [3.63, 3.8) is 0 Å². The van der Waals surface area contributed by atoms with Gasteiger partial charge in [0.15, 0.2) is 5.90 Å². The maximum atomic E-state index is 13.8. The number of fused-ring (bicyclic) bond motifs is 1. The van der Waals surface area contributed by atoms with E-state index in [1.807, 2.05) is 78.8 Å². The first-order valence-corrected chi connectivity index (χ1v) is 16.8. The van der Waals surface area contributed by atoms with Gasteiger partial charge < -0.3 is 14.2 Å². The summed E-state index contributed by atoms with van der Waals surface area (Å²) in [5, 5.41) is 2.09. The number of ether oxygens (including phenoxy) is 3. The molecule has 1 saturated carbocycles. The van der Waals surface area contributed by atoms with Gasteiger partial charge in [-0.15, -0.1) is 0 Å². The molecule has 0 N–H and O–H groups in total. The van der Waals surface area contributed by atoms with E-state index >= 15 is 0 Å². The highest BCUT2D eigenvalue weighted by molar-refractivity contribution is 7.48. The standard InChI is InChI=1S/C35H46NO7P/c1-25-36-35(23-39-25,24-40-44(37,42-33(2,3)4)43-34(5,6)7)30-15-13-29-20-31(16-14-28(29)19-30)41-32-17-27(18-32)22-38-21-26-11-9-8-10-12-26/h8-16,19-20,27,32H,17-18,21-24H2,1-7H3/t27-,32+,35?. The number of hydrogen-bond acceptors (Lipinski definition) is 8.